The van der Waals surface area contributed by atoms with E-state index in [1.165, 1.54) is 16.4 Å². The number of nitrogens with zero attached hydrogens (tertiary/aromatic N) is 4. The number of methoxy groups -OCH3 is 2. The van der Waals surface area contributed by atoms with E-state index < -0.39 is 0 Å². The summed E-state index contributed by atoms with van der Waals surface area (Å²) in [6, 6.07) is 15.0. The lowest BCUT2D eigenvalue weighted by Gasteiger charge is -2.13. The maximum absolute atomic E-state index is 12.3. The molecule has 0 saturated heterocycles. The zero-order valence-electron chi connectivity index (χ0n) is 18.0. The Morgan fingerprint density at radius 3 is 2.66 bits per heavy atom. The largest absolute Gasteiger partial charge is 0.493 e. The number of carbonyl (C=O) groups is 1. The molecule has 0 bridgehead atoms. The zero-order valence-corrected chi connectivity index (χ0v) is 18.8. The van der Waals surface area contributed by atoms with E-state index in [-0.39, 0.29) is 23.7 Å². The Balaban J connectivity index is 1.53. The van der Waals surface area contributed by atoms with Crippen LogP contribution in [0.25, 0.3) is 0 Å². The van der Waals surface area contributed by atoms with Crippen LogP contribution < -0.4 is 26.1 Å². The van der Waals surface area contributed by atoms with Crippen LogP contribution in [0.15, 0.2) is 58.8 Å². The summed E-state index contributed by atoms with van der Waals surface area (Å²) < 4.78 is 11.7. The number of anilines is 1. The lowest BCUT2D eigenvalue weighted by molar-refractivity contribution is -0.119. The van der Waals surface area contributed by atoms with Gasteiger partial charge in [0.25, 0.3) is 5.95 Å². The van der Waals surface area contributed by atoms with Crippen LogP contribution in [0, 0.1) is 0 Å². The molecule has 10 nitrogen and oxygen atoms in total. The van der Waals surface area contributed by atoms with Gasteiger partial charge < -0.3 is 20.6 Å². The first kappa shape index (κ1) is 22.9. The number of nitrogen functional groups attached to an aromatic ring is 1. The molecule has 0 aliphatic rings. The molecule has 1 atom stereocenters. The molecule has 1 amide bonds. The number of amides is 1. The van der Waals surface area contributed by atoms with Crippen LogP contribution in [-0.2, 0) is 4.79 Å². The maximum Gasteiger partial charge on any atom is 0.264 e. The van der Waals surface area contributed by atoms with Crippen molar-refractivity contribution in [3.05, 3.63) is 59.7 Å². The molecule has 0 saturated carbocycles. The molecule has 0 fully saturated rings. The molecule has 11 heteroatoms. The fourth-order valence-corrected chi connectivity index (χ4v) is 3.46. The Morgan fingerprint density at radius 2 is 1.94 bits per heavy atom. The summed E-state index contributed by atoms with van der Waals surface area (Å²) in [4.78, 5) is 12.3. The molecule has 3 rings (SSSR count). The van der Waals surface area contributed by atoms with Crippen molar-refractivity contribution in [3.8, 4) is 11.5 Å². The van der Waals surface area contributed by atoms with Crippen molar-refractivity contribution in [2.75, 3.05) is 31.2 Å². The smallest absolute Gasteiger partial charge is 0.264 e. The number of nitrogens with two attached hydrogens (primary N) is 1. The van der Waals surface area contributed by atoms with Gasteiger partial charge in [0.15, 0.2) is 11.5 Å². The summed E-state index contributed by atoms with van der Waals surface area (Å²) in [5.74, 6) is 7.50. The summed E-state index contributed by atoms with van der Waals surface area (Å²) >= 11 is 1.18. The number of benzene rings is 2. The Morgan fingerprint density at radius 1 is 1.19 bits per heavy atom. The Kier molecular flexibility index (Phi) is 7.92. The van der Waals surface area contributed by atoms with Crippen molar-refractivity contribution in [2.45, 2.75) is 18.1 Å². The number of thioether (sulfide) groups is 1. The standard InChI is InChI=1S/C21H25N7O3S/c1-14(16-7-5-4-6-8-16)24-19(29)13-32-21-27-26-20(28(21)22)25-23-12-15-9-10-17(30-2)18(11-15)31-3/h4-12,14H,13,22H2,1-3H3,(H,24,29)(H,25,26)/b23-12+. The fourth-order valence-electron chi connectivity index (χ4n) is 2.79. The lowest BCUT2D eigenvalue weighted by atomic mass is 10.1. The summed E-state index contributed by atoms with van der Waals surface area (Å²) in [6.45, 7) is 1.93. The highest BCUT2D eigenvalue weighted by atomic mass is 32.2. The zero-order chi connectivity index (χ0) is 22.9. The van der Waals surface area contributed by atoms with Crippen molar-refractivity contribution in [3.63, 3.8) is 0 Å². The predicted molar refractivity (Wildman–Crippen MR) is 125 cm³/mol. The SMILES string of the molecule is COc1ccc(/C=N/Nc2nnc(SCC(=O)NC(C)c3ccccc3)n2N)cc1OC. The van der Waals surface area contributed by atoms with Gasteiger partial charge in [0.1, 0.15) is 0 Å². The lowest BCUT2D eigenvalue weighted by Crippen LogP contribution is -2.28. The van der Waals surface area contributed by atoms with Crippen LogP contribution in [0.4, 0.5) is 5.95 Å². The monoisotopic (exact) mass is 455 g/mol. The number of hydrazone groups is 1. The molecule has 168 valence electrons. The number of rotatable bonds is 10. The predicted octanol–water partition coefficient (Wildman–Crippen LogP) is 2.42. The first-order valence-corrected chi connectivity index (χ1v) is 10.7. The molecule has 0 radical (unpaired) electrons. The minimum atomic E-state index is -0.129. The Hall–Kier alpha value is -3.73. The maximum atomic E-state index is 12.3. The van der Waals surface area contributed by atoms with E-state index in [2.05, 4.69) is 26.0 Å². The van der Waals surface area contributed by atoms with Gasteiger partial charge in [0.05, 0.1) is 32.2 Å². The minimum absolute atomic E-state index is 0.0943. The summed E-state index contributed by atoms with van der Waals surface area (Å²) in [6.07, 6.45) is 1.59. The molecule has 0 aliphatic heterocycles. The highest BCUT2D eigenvalue weighted by molar-refractivity contribution is 7.99. The molecule has 3 aromatic rings. The Bertz CT molecular complexity index is 1070. The third-order valence-electron chi connectivity index (χ3n) is 4.46. The van der Waals surface area contributed by atoms with Gasteiger partial charge in [0.2, 0.25) is 11.1 Å². The van der Waals surface area contributed by atoms with Crippen LogP contribution >= 0.6 is 11.8 Å². The molecule has 32 heavy (non-hydrogen) atoms. The van der Waals surface area contributed by atoms with Crippen molar-refractivity contribution >= 4 is 29.8 Å². The van der Waals surface area contributed by atoms with Gasteiger partial charge in [-0.25, -0.2) is 10.1 Å². The Labute approximate surface area is 190 Å². The molecular formula is C21H25N7O3S. The third-order valence-corrected chi connectivity index (χ3v) is 5.40. The second-order valence-electron chi connectivity index (χ2n) is 6.65. The van der Waals surface area contributed by atoms with E-state index >= 15 is 0 Å². The van der Waals surface area contributed by atoms with Crippen LogP contribution in [0.2, 0.25) is 0 Å². The van der Waals surface area contributed by atoms with Gasteiger partial charge in [-0.15, -0.1) is 10.2 Å². The highest BCUT2D eigenvalue weighted by Gasteiger charge is 2.14. The average Bonchev–Trinajstić information content (AvgIpc) is 3.17. The molecule has 4 N–H and O–H groups in total. The normalized spacial score (nSPS) is 11.8. The van der Waals surface area contributed by atoms with Crippen molar-refractivity contribution in [2.24, 2.45) is 5.10 Å². The average molecular weight is 456 g/mol. The van der Waals surface area contributed by atoms with E-state index in [0.717, 1.165) is 11.1 Å². The summed E-state index contributed by atoms with van der Waals surface area (Å²) in [7, 11) is 3.14. The number of carbonyl (C=O) groups excluding carboxylic acids is 1. The van der Waals surface area contributed by atoms with Gasteiger partial charge in [-0.3, -0.25) is 4.79 Å². The number of ether oxygens (including phenoxy) is 2. The molecule has 0 spiro atoms. The van der Waals surface area contributed by atoms with Gasteiger partial charge in [-0.05, 0) is 36.2 Å². The van der Waals surface area contributed by atoms with Gasteiger partial charge in [-0.2, -0.15) is 5.10 Å². The van der Waals surface area contributed by atoms with E-state index in [0.29, 0.717) is 16.7 Å². The quantitative estimate of drug-likeness (QED) is 0.184. The van der Waals surface area contributed by atoms with E-state index in [9.17, 15) is 4.79 Å². The first-order valence-electron chi connectivity index (χ1n) is 9.70. The van der Waals surface area contributed by atoms with Gasteiger partial charge >= 0.3 is 0 Å². The van der Waals surface area contributed by atoms with Crippen molar-refractivity contribution in [1.29, 1.82) is 0 Å². The van der Waals surface area contributed by atoms with Crippen LogP contribution in [-0.4, -0.2) is 47.0 Å². The molecule has 1 aromatic heterocycles. The molecular weight excluding hydrogens is 430 g/mol. The minimum Gasteiger partial charge on any atom is -0.493 e. The fraction of sp³-hybridized carbons (Fsp3) is 0.238. The number of hydrogen-bond acceptors (Lipinski definition) is 9. The first-order chi connectivity index (χ1) is 15.5. The molecule has 2 aromatic carbocycles. The summed E-state index contributed by atoms with van der Waals surface area (Å²) in [5, 5.41) is 15.4. The second-order valence-corrected chi connectivity index (χ2v) is 7.59. The number of aromatic nitrogens is 3. The number of hydrogen-bond donors (Lipinski definition) is 3. The van der Waals surface area contributed by atoms with E-state index in [1.54, 1.807) is 32.6 Å². The summed E-state index contributed by atoms with van der Waals surface area (Å²) in [5.41, 5.74) is 4.56. The van der Waals surface area contributed by atoms with Crippen LogP contribution in [0.5, 0.6) is 11.5 Å². The second kappa shape index (κ2) is 11.0. The van der Waals surface area contributed by atoms with E-state index in [4.69, 9.17) is 15.3 Å². The molecule has 1 heterocycles. The molecule has 0 aliphatic carbocycles. The topological polar surface area (TPSA) is 129 Å². The molecule has 1 unspecified atom stereocenters. The van der Waals surface area contributed by atoms with Crippen LogP contribution in [0.3, 0.4) is 0 Å². The number of nitrogens with one attached hydrogen (secondary N) is 2. The highest BCUT2D eigenvalue weighted by Crippen LogP contribution is 2.27. The van der Waals surface area contributed by atoms with Gasteiger partial charge in [-0.1, -0.05) is 42.1 Å². The van der Waals surface area contributed by atoms with E-state index in [1.807, 2.05) is 43.3 Å². The van der Waals surface area contributed by atoms with Crippen molar-refractivity contribution in [1.82, 2.24) is 20.2 Å². The van der Waals surface area contributed by atoms with Gasteiger partial charge in [0, 0.05) is 0 Å². The third kappa shape index (κ3) is 5.91. The van der Waals surface area contributed by atoms with Crippen molar-refractivity contribution < 1.29 is 14.3 Å². The van der Waals surface area contributed by atoms with Crippen LogP contribution in [0.1, 0.15) is 24.1 Å².